The van der Waals surface area contributed by atoms with Gasteiger partial charge in [-0.3, -0.25) is 9.59 Å². The quantitative estimate of drug-likeness (QED) is 0.549. The van der Waals surface area contributed by atoms with E-state index >= 15 is 0 Å². The van der Waals surface area contributed by atoms with Crippen LogP contribution >= 0.6 is 0 Å². The monoisotopic (exact) mass is 229 g/mol. The average Bonchev–Trinajstić information content (AvgIpc) is 2.15. The fourth-order valence-corrected chi connectivity index (χ4v) is 2.06. The molecule has 0 fully saturated rings. The molecule has 94 valence electrons. The Morgan fingerprint density at radius 2 is 1.75 bits per heavy atom. The molecule has 0 saturated carbocycles. The topological polar surface area (TPSA) is 112 Å². The molecule has 3 unspecified atom stereocenters. The average molecular weight is 229 g/mol. The van der Waals surface area contributed by atoms with E-state index in [2.05, 4.69) is 0 Å². The Morgan fingerprint density at radius 3 is 2.06 bits per heavy atom. The summed E-state index contributed by atoms with van der Waals surface area (Å²) in [5.41, 5.74) is 16.1. The lowest BCUT2D eigenvalue weighted by Crippen LogP contribution is -2.36. The molecule has 6 N–H and O–H groups in total. The minimum atomic E-state index is -0.347. The van der Waals surface area contributed by atoms with Crippen molar-refractivity contribution in [3.8, 4) is 0 Å². The second kappa shape index (κ2) is 7.22. The van der Waals surface area contributed by atoms with Crippen LogP contribution in [-0.2, 0) is 9.59 Å². The first-order chi connectivity index (χ1) is 7.38. The van der Waals surface area contributed by atoms with Crippen molar-refractivity contribution in [3.63, 3.8) is 0 Å². The zero-order valence-corrected chi connectivity index (χ0v) is 10.1. The van der Waals surface area contributed by atoms with E-state index < -0.39 is 0 Å². The Bertz CT molecular complexity index is 241. The van der Waals surface area contributed by atoms with Crippen molar-refractivity contribution in [2.75, 3.05) is 0 Å². The Kier molecular flexibility index (Phi) is 6.72. The SMILES string of the molecule is CCC(CCC(N)=O)C(CC(N)=O)C(C)N. The Labute approximate surface area is 96.7 Å². The van der Waals surface area contributed by atoms with Gasteiger partial charge in [0.05, 0.1) is 0 Å². The number of carbonyl (C=O) groups excluding carboxylic acids is 2. The summed E-state index contributed by atoms with van der Waals surface area (Å²) >= 11 is 0. The van der Waals surface area contributed by atoms with E-state index in [0.717, 1.165) is 6.42 Å². The summed E-state index contributed by atoms with van der Waals surface area (Å²) in [6.07, 6.45) is 2.15. The first-order valence-electron chi connectivity index (χ1n) is 5.70. The van der Waals surface area contributed by atoms with E-state index in [4.69, 9.17) is 17.2 Å². The highest BCUT2D eigenvalue weighted by Gasteiger charge is 2.25. The number of carbonyl (C=O) groups is 2. The summed E-state index contributed by atoms with van der Waals surface area (Å²) in [6.45, 7) is 3.88. The molecule has 0 aliphatic rings. The summed E-state index contributed by atoms with van der Waals surface area (Å²) in [5.74, 6) is -0.414. The Balaban J connectivity index is 4.44. The van der Waals surface area contributed by atoms with Crippen molar-refractivity contribution in [1.29, 1.82) is 0 Å². The molecule has 0 rings (SSSR count). The van der Waals surface area contributed by atoms with Crippen molar-refractivity contribution >= 4 is 11.8 Å². The third kappa shape index (κ3) is 5.70. The normalized spacial score (nSPS) is 16.4. The molecule has 0 bridgehead atoms. The van der Waals surface area contributed by atoms with Gasteiger partial charge >= 0.3 is 0 Å². The second-order valence-corrected chi connectivity index (χ2v) is 4.37. The van der Waals surface area contributed by atoms with Gasteiger partial charge in [-0.05, 0) is 25.2 Å². The van der Waals surface area contributed by atoms with Gasteiger partial charge in [0, 0.05) is 18.9 Å². The maximum atomic E-state index is 10.9. The van der Waals surface area contributed by atoms with Crippen LogP contribution in [0.1, 0.15) is 39.5 Å². The van der Waals surface area contributed by atoms with Gasteiger partial charge in [0.2, 0.25) is 11.8 Å². The first-order valence-corrected chi connectivity index (χ1v) is 5.70. The van der Waals surface area contributed by atoms with Crippen LogP contribution in [0, 0.1) is 11.8 Å². The van der Waals surface area contributed by atoms with Crippen LogP contribution in [0.15, 0.2) is 0 Å². The molecule has 5 nitrogen and oxygen atoms in total. The first kappa shape index (κ1) is 14.9. The Morgan fingerprint density at radius 1 is 1.19 bits per heavy atom. The molecule has 5 heteroatoms. The lowest BCUT2D eigenvalue weighted by atomic mass is 9.80. The number of primary amides is 2. The lowest BCUT2D eigenvalue weighted by molar-refractivity contribution is -0.119. The molecule has 0 heterocycles. The molecule has 0 radical (unpaired) electrons. The number of nitrogens with two attached hydrogens (primary N) is 3. The molecule has 2 amide bonds. The maximum Gasteiger partial charge on any atom is 0.217 e. The van der Waals surface area contributed by atoms with Crippen LogP contribution in [0.3, 0.4) is 0 Å². The van der Waals surface area contributed by atoms with E-state index in [9.17, 15) is 9.59 Å². The smallest absolute Gasteiger partial charge is 0.217 e. The fraction of sp³-hybridized carbons (Fsp3) is 0.818. The zero-order valence-electron chi connectivity index (χ0n) is 10.1. The van der Waals surface area contributed by atoms with Crippen molar-refractivity contribution < 1.29 is 9.59 Å². The molecule has 0 aromatic heterocycles. The largest absolute Gasteiger partial charge is 0.370 e. The summed E-state index contributed by atoms with van der Waals surface area (Å²) < 4.78 is 0. The molecule has 0 aliphatic heterocycles. The number of hydrogen-bond donors (Lipinski definition) is 3. The van der Waals surface area contributed by atoms with E-state index in [1.165, 1.54) is 0 Å². The van der Waals surface area contributed by atoms with Crippen molar-refractivity contribution in [1.82, 2.24) is 0 Å². The lowest BCUT2D eigenvalue weighted by Gasteiger charge is -2.28. The fourth-order valence-electron chi connectivity index (χ4n) is 2.06. The van der Waals surface area contributed by atoms with Gasteiger partial charge in [-0.25, -0.2) is 0 Å². The highest BCUT2D eigenvalue weighted by Crippen LogP contribution is 2.26. The second-order valence-electron chi connectivity index (χ2n) is 4.37. The summed E-state index contributed by atoms with van der Waals surface area (Å²) in [7, 11) is 0. The molecule has 3 atom stereocenters. The van der Waals surface area contributed by atoms with Crippen LogP contribution in [-0.4, -0.2) is 17.9 Å². The predicted octanol–water partition coefficient (Wildman–Crippen LogP) is 0.117. The maximum absolute atomic E-state index is 10.9. The highest BCUT2D eigenvalue weighted by molar-refractivity contribution is 5.74. The van der Waals surface area contributed by atoms with Crippen LogP contribution in [0.25, 0.3) is 0 Å². The molecule has 0 aromatic rings. The Hall–Kier alpha value is -1.10. The third-order valence-corrected chi connectivity index (χ3v) is 3.00. The van der Waals surface area contributed by atoms with Crippen molar-refractivity contribution in [2.24, 2.45) is 29.0 Å². The standard InChI is InChI=1S/C11H23N3O2/c1-3-8(4-5-10(13)15)9(7(2)12)6-11(14)16/h7-9H,3-6,12H2,1-2H3,(H2,13,15)(H2,14,16). The number of rotatable bonds is 8. The van der Waals surface area contributed by atoms with Crippen LogP contribution in [0.2, 0.25) is 0 Å². The van der Waals surface area contributed by atoms with E-state index in [-0.39, 0.29) is 36.1 Å². The predicted molar refractivity (Wildman–Crippen MR) is 63.2 cm³/mol. The van der Waals surface area contributed by atoms with Crippen LogP contribution < -0.4 is 17.2 Å². The molecule has 0 aliphatic carbocycles. The number of amides is 2. The van der Waals surface area contributed by atoms with E-state index in [0.29, 0.717) is 12.8 Å². The van der Waals surface area contributed by atoms with Gasteiger partial charge in [0.15, 0.2) is 0 Å². The minimum absolute atomic E-state index is 0.0295. The van der Waals surface area contributed by atoms with Crippen molar-refractivity contribution in [2.45, 2.75) is 45.6 Å². The van der Waals surface area contributed by atoms with Gasteiger partial charge in [-0.1, -0.05) is 13.3 Å². The zero-order chi connectivity index (χ0) is 12.7. The highest BCUT2D eigenvalue weighted by atomic mass is 16.1. The molecular formula is C11H23N3O2. The van der Waals surface area contributed by atoms with Gasteiger partial charge in [-0.2, -0.15) is 0 Å². The number of hydrogen-bond acceptors (Lipinski definition) is 3. The molecule has 0 spiro atoms. The molecule has 16 heavy (non-hydrogen) atoms. The van der Waals surface area contributed by atoms with Crippen molar-refractivity contribution in [3.05, 3.63) is 0 Å². The van der Waals surface area contributed by atoms with Gasteiger partial charge in [-0.15, -0.1) is 0 Å². The third-order valence-electron chi connectivity index (χ3n) is 3.00. The molecule has 0 saturated heterocycles. The van der Waals surface area contributed by atoms with Crippen LogP contribution in [0.5, 0.6) is 0 Å². The molecular weight excluding hydrogens is 206 g/mol. The summed E-state index contributed by atoms with van der Waals surface area (Å²) in [6, 6.07) is -0.106. The van der Waals surface area contributed by atoms with E-state index in [1.807, 2.05) is 13.8 Å². The minimum Gasteiger partial charge on any atom is -0.370 e. The van der Waals surface area contributed by atoms with Gasteiger partial charge in [0.25, 0.3) is 0 Å². The summed E-state index contributed by atoms with van der Waals surface area (Å²) in [5, 5.41) is 0. The van der Waals surface area contributed by atoms with Gasteiger partial charge in [0.1, 0.15) is 0 Å². The molecule has 0 aromatic carbocycles. The summed E-state index contributed by atoms with van der Waals surface area (Å²) in [4.78, 5) is 21.7. The van der Waals surface area contributed by atoms with Crippen LogP contribution in [0.4, 0.5) is 0 Å². The van der Waals surface area contributed by atoms with E-state index in [1.54, 1.807) is 0 Å². The van der Waals surface area contributed by atoms with Gasteiger partial charge < -0.3 is 17.2 Å².